The number of hydrogen-bond donors (Lipinski definition) is 3. The van der Waals surface area contributed by atoms with Crippen LogP contribution in [0, 0.1) is 29.1 Å². The van der Waals surface area contributed by atoms with Gasteiger partial charge in [-0.3, -0.25) is 14.4 Å². The second kappa shape index (κ2) is 8.77. The van der Waals surface area contributed by atoms with Crippen LogP contribution < -0.4 is 0 Å². The lowest BCUT2D eigenvalue weighted by molar-refractivity contribution is -0.229. The van der Waals surface area contributed by atoms with E-state index in [9.17, 15) is 29.7 Å². The minimum Gasteiger partial charge on any atom is -0.458 e. The number of aliphatic hydroxyl groups is 3. The van der Waals surface area contributed by atoms with E-state index in [2.05, 4.69) is 0 Å². The first kappa shape index (κ1) is 27.0. The van der Waals surface area contributed by atoms with Gasteiger partial charge >= 0.3 is 11.9 Å². The van der Waals surface area contributed by atoms with Crippen molar-refractivity contribution >= 4 is 17.7 Å². The van der Waals surface area contributed by atoms with Crippen LogP contribution in [0.1, 0.15) is 73.6 Å². The number of aliphatic hydroxyl groups excluding tert-OH is 1. The van der Waals surface area contributed by atoms with E-state index in [0.717, 1.165) is 0 Å². The maximum absolute atomic E-state index is 13.2. The Morgan fingerprint density at radius 1 is 1.08 bits per heavy atom. The van der Waals surface area contributed by atoms with Gasteiger partial charge in [0.2, 0.25) is 0 Å². The fraction of sp³-hybridized carbons (Fsp3) is 0.750. The molecule has 3 unspecified atom stereocenters. The zero-order valence-electron chi connectivity index (χ0n) is 22.2. The maximum Gasteiger partial charge on any atom is 0.306 e. The summed E-state index contributed by atoms with van der Waals surface area (Å²) in [5, 5.41) is 34.5. The van der Waals surface area contributed by atoms with E-state index in [4.69, 9.17) is 9.47 Å². The molecule has 3 N–H and O–H groups in total. The number of hydrogen-bond acceptors (Lipinski definition) is 8. The van der Waals surface area contributed by atoms with Crippen molar-refractivity contribution in [1.82, 2.24) is 0 Å². The summed E-state index contributed by atoms with van der Waals surface area (Å²) >= 11 is 0. The Kier molecular flexibility index (Phi) is 6.59. The zero-order chi connectivity index (χ0) is 26.8. The molecule has 2 saturated carbocycles. The Morgan fingerprint density at radius 2 is 1.69 bits per heavy atom. The molecule has 0 aliphatic heterocycles. The number of ketones is 1. The van der Waals surface area contributed by atoms with Gasteiger partial charge in [-0.1, -0.05) is 46.8 Å². The van der Waals surface area contributed by atoms with Gasteiger partial charge in [0.05, 0.1) is 12.2 Å². The van der Waals surface area contributed by atoms with Gasteiger partial charge in [0.1, 0.15) is 11.7 Å². The summed E-state index contributed by atoms with van der Waals surface area (Å²) in [6.45, 7) is 10.6. The van der Waals surface area contributed by atoms with Crippen molar-refractivity contribution in [2.24, 2.45) is 29.1 Å². The smallest absolute Gasteiger partial charge is 0.306 e. The van der Waals surface area contributed by atoms with Crippen LogP contribution >= 0.6 is 0 Å². The molecule has 8 atom stereocenters. The Hall–Kier alpha value is -2.03. The molecule has 8 nitrogen and oxygen atoms in total. The Bertz CT molecular complexity index is 1030. The van der Waals surface area contributed by atoms with Crippen LogP contribution in [-0.2, 0) is 23.9 Å². The van der Waals surface area contributed by atoms with Crippen molar-refractivity contribution in [3.05, 3.63) is 23.3 Å². The van der Waals surface area contributed by atoms with Gasteiger partial charge in [0.15, 0.2) is 11.4 Å². The van der Waals surface area contributed by atoms with Gasteiger partial charge in [-0.05, 0) is 30.9 Å². The van der Waals surface area contributed by atoms with E-state index in [0.29, 0.717) is 24.0 Å². The SMILES string of the molecule is CCCC(=O)O[C@@H]1C(C)[C@]2(O)C3C=C(C)C(=O)[C@@]3(O)CC(CO)=C[C@H]2C2C(C)(C)[C@@]21OC(=O)CCC. The largest absolute Gasteiger partial charge is 0.458 e. The van der Waals surface area contributed by atoms with E-state index in [1.54, 1.807) is 26.0 Å². The van der Waals surface area contributed by atoms with E-state index < -0.39 is 69.7 Å². The molecule has 200 valence electrons. The van der Waals surface area contributed by atoms with Crippen LogP contribution in [-0.4, -0.2) is 62.6 Å². The van der Waals surface area contributed by atoms with Crippen LogP contribution in [0.5, 0.6) is 0 Å². The molecule has 8 heteroatoms. The van der Waals surface area contributed by atoms with Crippen LogP contribution in [0.4, 0.5) is 0 Å². The molecule has 4 rings (SSSR count). The second-order valence-electron chi connectivity index (χ2n) is 11.8. The molecule has 4 aliphatic rings. The molecule has 36 heavy (non-hydrogen) atoms. The summed E-state index contributed by atoms with van der Waals surface area (Å²) in [7, 11) is 0. The fourth-order valence-electron chi connectivity index (χ4n) is 7.67. The van der Waals surface area contributed by atoms with Gasteiger partial charge in [0.25, 0.3) is 0 Å². The first-order chi connectivity index (χ1) is 16.8. The molecule has 0 aromatic rings. The molecule has 0 amide bonds. The predicted octanol–water partition coefficient (Wildman–Crippen LogP) is 2.63. The highest BCUT2D eigenvalue weighted by Gasteiger charge is 2.87. The number of fused-ring (bicyclic) bond motifs is 5. The molecule has 0 saturated heterocycles. The van der Waals surface area contributed by atoms with Crippen molar-refractivity contribution in [1.29, 1.82) is 0 Å². The molecule has 0 radical (unpaired) electrons. The average Bonchev–Trinajstić information content (AvgIpc) is 3.23. The quantitative estimate of drug-likeness (QED) is 0.356. The fourth-order valence-corrected chi connectivity index (χ4v) is 7.67. The lowest BCUT2D eigenvalue weighted by Crippen LogP contribution is -2.66. The third-order valence-corrected chi connectivity index (χ3v) is 9.41. The van der Waals surface area contributed by atoms with Gasteiger partial charge in [-0.2, -0.15) is 0 Å². The van der Waals surface area contributed by atoms with Crippen LogP contribution in [0.15, 0.2) is 23.3 Å². The van der Waals surface area contributed by atoms with Crippen molar-refractivity contribution in [3.63, 3.8) is 0 Å². The van der Waals surface area contributed by atoms with E-state index in [1.807, 2.05) is 27.7 Å². The highest BCUT2D eigenvalue weighted by molar-refractivity contribution is 6.04. The van der Waals surface area contributed by atoms with Crippen LogP contribution in [0.25, 0.3) is 0 Å². The number of ether oxygens (including phenoxy) is 2. The van der Waals surface area contributed by atoms with Gasteiger partial charge in [0, 0.05) is 48.3 Å². The van der Waals surface area contributed by atoms with Gasteiger partial charge in [-0.25, -0.2) is 0 Å². The predicted molar refractivity (Wildman–Crippen MR) is 130 cm³/mol. The summed E-state index contributed by atoms with van der Waals surface area (Å²) < 4.78 is 12.2. The second-order valence-corrected chi connectivity index (χ2v) is 11.8. The van der Waals surface area contributed by atoms with E-state index in [-0.39, 0.29) is 25.9 Å². The standard InChI is InChI=1S/C28H40O8/c1-7-9-20(30)35-24-16(4)27(34)18(22-25(5,6)28(22,24)36-21(31)10-8-2)12-17(14-29)13-26(33)19(27)11-15(3)23(26)32/h11-12,16,18-19,22,24,29,33-34H,7-10,13-14H2,1-6H3/t16?,18-,19?,22?,24+,26+,27+,28+/m0/s1. The number of Topliss-reactive ketones (excluding diaryl/α,β-unsaturated/α-hetero) is 1. The highest BCUT2D eigenvalue weighted by Crippen LogP contribution is 2.77. The van der Waals surface area contributed by atoms with E-state index >= 15 is 0 Å². The zero-order valence-corrected chi connectivity index (χ0v) is 22.2. The van der Waals surface area contributed by atoms with Gasteiger partial charge in [-0.15, -0.1) is 0 Å². The average molecular weight is 505 g/mol. The molecule has 2 fully saturated rings. The number of rotatable bonds is 7. The molecule has 0 aromatic heterocycles. The minimum atomic E-state index is -1.92. The first-order valence-electron chi connectivity index (χ1n) is 13.2. The lowest BCUT2D eigenvalue weighted by atomic mass is 9.59. The molecular weight excluding hydrogens is 464 g/mol. The van der Waals surface area contributed by atoms with Crippen molar-refractivity contribution in [2.45, 2.75) is 96.6 Å². The molecule has 0 aromatic carbocycles. The summed E-state index contributed by atoms with van der Waals surface area (Å²) in [6.07, 6.45) is 3.85. The molecular formula is C28H40O8. The molecule has 0 bridgehead atoms. The molecule has 0 spiro atoms. The van der Waals surface area contributed by atoms with Crippen LogP contribution in [0.2, 0.25) is 0 Å². The Labute approximate surface area is 212 Å². The topological polar surface area (TPSA) is 130 Å². The molecule has 0 heterocycles. The van der Waals surface area contributed by atoms with E-state index in [1.165, 1.54) is 0 Å². The van der Waals surface area contributed by atoms with Crippen molar-refractivity contribution in [2.75, 3.05) is 6.61 Å². The van der Waals surface area contributed by atoms with Crippen molar-refractivity contribution < 1.29 is 39.2 Å². The maximum atomic E-state index is 13.2. The summed E-state index contributed by atoms with van der Waals surface area (Å²) in [6, 6.07) is 0. The number of carbonyl (C=O) groups is 3. The highest BCUT2D eigenvalue weighted by atomic mass is 16.6. The normalized spacial score (nSPS) is 42.2. The lowest BCUT2D eigenvalue weighted by Gasteiger charge is -2.53. The third-order valence-electron chi connectivity index (χ3n) is 9.41. The Balaban J connectivity index is 1.92. The number of esters is 2. The summed E-state index contributed by atoms with van der Waals surface area (Å²) in [5.74, 6) is -4.22. The third kappa shape index (κ3) is 3.40. The van der Waals surface area contributed by atoms with Crippen molar-refractivity contribution in [3.8, 4) is 0 Å². The number of carbonyl (C=O) groups excluding carboxylic acids is 3. The Morgan fingerprint density at radius 3 is 2.28 bits per heavy atom. The monoisotopic (exact) mass is 504 g/mol. The molecule has 4 aliphatic carbocycles. The summed E-state index contributed by atoms with van der Waals surface area (Å²) in [4.78, 5) is 38.8. The summed E-state index contributed by atoms with van der Waals surface area (Å²) in [5.41, 5.74) is -4.69. The van der Waals surface area contributed by atoms with Gasteiger partial charge < -0.3 is 24.8 Å². The van der Waals surface area contributed by atoms with Crippen LogP contribution in [0.3, 0.4) is 0 Å². The first-order valence-corrected chi connectivity index (χ1v) is 13.2. The minimum absolute atomic E-state index is 0.109.